The van der Waals surface area contributed by atoms with Crippen LogP contribution in [0.25, 0.3) is 0 Å². The van der Waals surface area contributed by atoms with Crippen molar-refractivity contribution in [3.8, 4) is 0 Å². The summed E-state index contributed by atoms with van der Waals surface area (Å²) in [6.07, 6.45) is 2.70. The summed E-state index contributed by atoms with van der Waals surface area (Å²) in [5, 5.41) is 0. The fraction of sp³-hybridized carbons (Fsp3) is 0.182. The molecule has 1 nitrogen and oxygen atoms in total. The molecule has 0 N–H and O–H groups in total. The van der Waals surface area contributed by atoms with Crippen molar-refractivity contribution < 1.29 is 9.18 Å². The van der Waals surface area contributed by atoms with Gasteiger partial charge in [0.2, 0.25) is 0 Å². The Hall–Kier alpha value is -1.09. The fourth-order valence-corrected chi connectivity index (χ4v) is 1.43. The second kappa shape index (κ2) is 4.96. The third-order valence-electron chi connectivity index (χ3n) is 1.84. The SMILES string of the molecule is C=CCCC(=O)c1ccc(F)cc1S. The van der Waals surface area contributed by atoms with E-state index in [1.165, 1.54) is 18.2 Å². The van der Waals surface area contributed by atoms with Gasteiger partial charge in [-0.3, -0.25) is 4.79 Å². The summed E-state index contributed by atoms with van der Waals surface area (Å²) in [7, 11) is 0. The lowest BCUT2D eigenvalue weighted by Gasteiger charge is -2.02. The molecule has 1 aromatic carbocycles. The predicted octanol–water partition coefficient (Wildman–Crippen LogP) is 3.26. The van der Waals surface area contributed by atoms with Crippen LogP contribution in [-0.2, 0) is 0 Å². The number of carbonyl (C=O) groups excluding carboxylic acids is 1. The van der Waals surface area contributed by atoms with E-state index in [1.54, 1.807) is 6.08 Å². The van der Waals surface area contributed by atoms with Gasteiger partial charge in [-0.15, -0.1) is 19.2 Å². The second-order valence-corrected chi connectivity index (χ2v) is 3.39. The van der Waals surface area contributed by atoms with Crippen LogP contribution in [0.1, 0.15) is 23.2 Å². The van der Waals surface area contributed by atoms with Gasteiger partial charge in [-0.1, -0.05) is 6.08 Å². The summed E-state index contributed by atoms with van der Waals surface area (Å²) in [4.78, 5) is 11.9. The lowest BCUT2D eigenvalue weighted by Crippen LogP contribution is -1.99. The van der Waals surface area contributed by atoms with E-state index in [2.05, 4.69) is 19.2 Å². The van der Waals surface area contributed by atoms with Gasteiger partial charge in [-0.05, 0) is 24.6 Å². The third-order valence-corrected chi connectivity index (χ3v) is 2.21. The highest BCUT2D eigenvalue weighted by molar-refractivity contribution is 7.80. The summed E-state index contributed by atoms with van der Waals surface area (Å²) in [5.41, 5.74) is 0.469. The second-order valence-electron chi connectivity index (χ2n) is 2.91. The van der Waals surface area contributed by atoms with Crippen molar-refractivity contribution in [3.63, 3.8) is 0 Å². The van der Waals surface area contributed by atoms with E-state index in [0.717, 1.165) is 0 Å². The Bertz CT molecular complexity index is 360. The Morgan fingerprint density at radius 2 is 2.29 bits per heavy atom. The van der Waals surface area contributed by atoms with Gasteiger partial charge in [-0.2, -0.15) is 0 Å². The van der Waals surface area contributed by atoms with Gasteiger partial charge in [0, 0.05) is 16.9 Å². The maximum absolute atomic E-state index is 12.7. The molecule has 0 unspecified atom stereocenters. The zero-order valence-electron chi connectivity index (χ0n) is 7.66. The van der Waals surface area contributed by atoms with Crippen LogP contribution in [0.4, 0.5) is 4.39 Å². The standard InChI is InChI=1S/C11H11FOS/c1-2-3-4-10(13)9-6-5-8(12)7-11(9)14/h2,5-7,14H,1,3-4H2. The zero-order valence-corrected chi connectivity index (χ0v) is 8.56. The third kappa shape index (κ3) is 2.70. The molecule has 1 rings (SSSR count). The summed E-state index contributed by atoms with van der Waals surface area (Å²) in [5.74, 6) is -0.412. The first-order valence-electron chi connectivity index (χ1n) is 4.27. The topological polar surface area (TPSA) is 17.1 Å². The largest absolute Gasteiger partial charge is 0.294 e. The minimum atomic E-state index is -0.379. The van der Waals surface area contributed by atoms with Gasteiger partial charge in [-0.25, -0.2) is 4.39 Å². The highest BCUT2D eigenvalue weighted by Gasteiger charge is 2.08. The van der Waals surface area contributed by atoms with Crippen LogP contribution >= 0.6 is 12.6 Å². The molecule has 0 heterocycles. The number of Topliss-reactive ketones (excluding diaryl/α,β-unsaturated/α-hetero) is 1. The van der Waals surface area contributed by atoms with Gasteiger partial charge < -0.3 is 0 Å². The van der Waals surface area contributed by atoms with Crippen molar-refractivity contribution in [1.82, 2.24) is 0 Å². The van der Waals surface area contributed by atoms with Crippen molar-refractivity contribution in [1.29, 1.82) is 0 Å². The van der Waals surface area contributed by atoms with E-state index < -0.39 is 0 Å². The Morgan fingerprint density at radius 3 is 2.86 bits per heavy atom. The molecule has 0 aromatic heterocycles. The number of allylic oxidation sites excluding steroid dienone is 1. The van der Waals surface area contributed by atoms with Gasteiger partial charge in [0.05, 0.1) is 0 Å². The van der Waals surface area contributed by atoms with E-state index in [4.69, 9.17) is 0 Å². The lowest BCUT2D eigenvalue weighted by molar-refractivity contribution is 0.0981. The minimum absolute atomic E-state index is 0.0325. The summed E-state index contributed by atoms with van der Waals surface area (Å²) >= 11 is 4.04. The summed E-state index contributed by atoms with van der Waals surface area (Å²) in [6.45, 7) is 3.53. The molecule has 74 valence electrons. The van der Waals surface area contributed by atoms with Crippen LogP contribution < -0.4 is 0 Å². The van der Waals surface area contributed by atoms with Crippen molar-refractivity contribution in [2.75, 3.05) is 0 Å². The molecule has 3 heteroatoms. The molecule has 0 aliphatic heterocycles. The number of benzene rings is 1. The van der Waals surface area contributed by atoms with Crippen LogP contribution in [-0.4, -0.2) is 5.78 Å². The number of carbonyl (C=O) groups is 1. The molecular weight excluding hydrogens is 199 g/mol. The van der Waals surface area contributed by atoms with Crippen LogP contribution in [0.2, 0.25) is 0 Å². The molecule has 1 aromatic rings. The molecule has 14 heavy (non-hydrogen) atoms. The van der Waals surface area contributed by atoms with Crippen molar-refractivity contribution >= 4 is 18.4 Å². The maximum Gasteiger partial charge on any atom is 0.164 e. The molecule has 0 spiro atoms. The fourth-order valence-electron chi connectivity index (χ4n) is 1.11. The van der Waals surface area contributed by atoms with Crippen LogP contribution in [0.3, 0.4) is 0 Å². The average Bonchev–Trinajstić information content (AvgIpc) is 2.14. The molecule has 0 atom stereocenters. The predicted molar refractivity (Wildman–Crippen MR) is 57.4 cm³/mol. The van der Waals surface area contributed by atoms with E-state index >= 15 is 0 Å². The Labute approximate surface area is 88.0 Å². The monoisotopic (exact) mass is 210 g/mol. The van der Waals surface area contributed by atoms with E-state index in [1.807, 2.05) is 0 Å². The number of ketones is 1. The quantitative estimate of drug-likeness (QED) is 0.458. The first-order chi connectivity index (χ1) is 6.65. The van der Waals surface area contributed by atoms with Crippen molar-refractivity contribution in [2.45, 2.75) is 17.7 Å². The van der Waals surface area contributed by atoms with Gasteiger partial charge in [0.15, 0.2) is 5.78 Å². The molecule has 0 amide bonds. The van der Waals surface area contributed by atoms with Crippen molar-refractivity contribution in [3.05, 3.63) is 42.2 Å². The van der Waals surface area contributed by atoms with Crippen LogP contribution in [0.15, 0.2) is 35.7 Å². The maximum atomic E-state index is 12.7. The Morgan fingerprint density at radius 1 is 1.57 bits per heavy atom. The van der Waals surface area contributed by atoms with Gasteiger partial charge in [0.1, 0.15) is 5.82 Å². The number of hydrogen-bond acceptors (Lipinski definition) is 2. The molecule has 0 aliphatic rings. The van der Waals surface area contributed by atoms with Gasteiger partial charge >= 0.3 is 0 Å². The highest BCUT2D eigenvalue weighted by Crippen LogP contribution is 2.17. The summed E-state index contributed by atoms with van der Waals surface area (Å²) in [6, 6.07) is 3.97. The van der Waals surface area contributed by atoms with E-state index in [0.29, 0.717) is 23.3 Å². The van der Waals surface area contributed by atoms with Crippen LogP contribution in [0, 0.1) is 5.82 Å². The van der Waals surface area contributed by atoms with Gasteiger partial charge in [0.25, 0.3) is 0 Å². The highest BCUT2D eigenvalue weighted by atomic mass is 32.1. The van der Waals surface area contributed by atoms with Crippen LogP contribution in [0.5, 0.6) is 0 Å². The lowest BCUT2D eigenvalue weighted by atomic mass is 10.1. The number of halogens is 1. The molecule has 0 aliphatic carbocycles. The van der Waals surface area contributed by atoms with Crippen molar-refractivity contribution in [2.24, 2.45) is 0 Å². The number of hydrogen-bond donors (Lipinski definition) is 1. The number of rotatable bonds is 4. The zero-order chi connectivity index (χ0) is 10.6. The van der Waals surface area contributed by atoms with E-state index in [-0.39, 0.29) is 11.6 Å². The first kappa shape index (κ1) is 11.0. The molecular formula is C11H11FOS. The average molecular weight is 210 g/mol. The smallest absolute Gasteiger partial charge is 0.164 e. The summed E-state index contributed by atoms with van der Waals surface area (Å²) < 4.78 is 12.7. The molecule has 0 radical (unpaired) electrons. The normalized spacial score (nSPS) is 9.86. The molecule has 0 saturated carbocycles. The molecule has 0 fully saturated rings. The minimum Gasteiger partial charge on any atom is -0.294 e. The first-order valence-corrected chi connectivity index (χ1v) is 4.72. The Kier molecular flexibility index (Phi) is 3.89. The Balaban J connectivity index is 2.84. The number of thiol groups is 1. The molecule has 0 saturated heterocycles. The van der Waals surface area contributed by atoms with E-state index in [9.17, 15) is 9.18 Å². The molecule has 0 bridgehead atoms.